The predicted octanol–water partition coefficient (Wildman–Crippen LogP) is 1.89. The van der Waals surface area contributed by atoms with Crippen molar-refractivity contribution in [2.75, 3.05) is 12.8 Å². The molecule has 12 heavy (non-hydrogen) atoms. The number of hydrogen-bond acceptors (Lipinski definition) is 3. The molecule has 0 amide bonds. The van der Waals surface area contributed by atoms with Gasteiger partial charge in [-0.1, -0.05) is 18.5 Å². The zero-order valence-corrected chi connectivity index (χ0v) is 7.85. The Labute approximate surface area is 76.5 Å². The molecule has 0 radical (unpaired) electrons. The van der Waals surface area contributed by atoms with Gasteiger partial charge in [0.05, 0.1) is 23.5 Å². The number of halogens is 1. The number of hydrogen-bond donors (Lipinski definition) is 1. The lowest BCUT2D eigenvalue weighted by Gasteiger charge is -2.06. The zero-order chi connectivity index (χ0) is 9.14. The summed E-state index contributed by atoms with van der Waals surface area (Å²) in [5.74, 6) is 0.441. The zero-order valence-electron chi connectivity index (χ0n) is 7.10. The molecule has 0 unspecified atom stereocenters. The lowest BCUT2D eigenvalue weighted by atomic mass is 10.3. The van der Waals surface area contributed by atoms with Crippen LogP contribution in [0.3, 0.4) is 0 Å². The number of nitrogens with zero attached hydrogens (tertiary/aromatic N) is 1. The Morgan fingerprint density at radius 2 is 2.33 bits per heavy atom. The molecule has 1 rings (SSSR count). The monoisotopic (exact) mass is 186 g/mol. The van der Waals surface area contributed by atoms with E-state index in [4.69, 9.17) is 22.1 Å². The molecule has 0 saturated heterocycles. The fraction of sp³-hybridized carbons (Fsp3) is 0.375. The molecule has 0 aliphatic heterocycles. The maximum atomic E-state index is 5.86. The van der Waals surface area contributed by atoms with Gasteiger partial charge in [-0.05, 0) is 12.5 Å². The van der Waals surface area contributed by atoms with Crippen molar-refractivity contribution >= 4 is 17.3 Å². The van der Waals surface area contributed by atoms with Gasteiger partial charge in [-0.2, -0.15) is 0 Å². The second kappa shape index (κ2) is 3.63. The van der Waals surface area contributed by atoms with Crippen LogP contribution >= 0.6 is 11.6 Å². The summed E-state index contributed by atoms with van der Waals surface area (Å²) in [7, 11) is 1.53. The first-order chi connectivity index (χ1) is 5.69. The van der Waals surface area contributed by atoms with Crippen LogP contribution in [0.25, 0.3) is 0 Å². The summed E-state index contributed by atoms with van der Waals surface area (Å²) in [6, 6.07) is 1.66. The topological polar surface area (TPSA) is 48.1 Å². The summed E-state index contributed by atoms with van der Waals surface area (Å²) >= 11 is 5.86. The molecule has 1 aromatic rings. The van der Waals surface area contributed by atoms with Crippen molar-refractivity contribution in [3.05, 3.63) is 16.8 Å². The highest BCUT2D eigenvalue weighted by Crippen LogP contribution is 2.25. The molecule has 0 fully saturated rings. The number of nitrogen functional groups attached to an aromatic ring is 1. The average molecular weight is 187 g/mol. The molecular formula is C8H11ClN2O. The van der Waals surface area contributed by atoms with E-state index in [9.17, 15) is 0 Å². The Bertz CT molecular complexity index is 263. The molecule has 4 heteroatoms. The van der Waals surface area contributed by atoms with Gasteiger partial charge in [0.2, 0.25) is 5.88 Å². The van der Waals surface area contributed by atoms with Gasteiger partial charge in [-0.15, -0.1) is 0 Å². The van der Waals surface area contributed by atoms with E-state index in [1.165, 1.54) is 7.11 Å². The molecule has 0 bridgehead atoms. The van der Waals surface area contributed by atoms with Crippen molar-refractivity contribution < 1.29 is 4.74 Å². The Balaban J connectivity index is 3.18. The third-order valence-electron chi connectivity index (χ3n) is 1.57. The minimum absolute atomic E-state index is 0.441. The summed E-state index contributed by atoms with van der Waals surface area (Å²) in [6.07, 6.45) is 0.773. The van der Waals surface area contributed by atoms with Gasteiger partial charge in [0.25, 0.3) is 0 Å². The molecule has 0 aliphatic carbocycles. The van der Waals surface area contributed by atoms with Gasteiger partial charge < -0.3 is 10.5 Å². The first-order valence-corrected chi connectivity index (χ1v) is 4.05. The molecule has 0 aromatic carbocycles. The summed E-state index contributed by atoms with van der Waals surface area (Å²) in [6.45, 7) is 1.98. The summed E-state index contributed by atoms with van der Waals surface area (Å²) in [5, 5.41) is 0.593. The van der Waals surface area contributed by atoms with Crippen LogP contribution in [0.2, 0.25) is 5.02 Å². The Morgan fingerprint density at radius 1 is 1.67 bits per heavy atom. The second-order valence-corrected chi connectivity index (χ2v) is 2.78. The summed E-state index contributed by atoms with van der Waals surface area (Å²) < 4.78 is 4.95. The van der Waals surface area contributed by atoms with Crippen LogP contribution in [-0.2, 0) is 6.42 Å². The number of pyridine rings is 1. The first-order valence-electron chi connectivity index (χ1n) is 3.68. The standard InChI is InChI=1S/C8H11ClN2O/c1-3-7-5(9)4-6(10)8(11-7)12-2/h4H,3,10H2,1-2H3. The second-order valence-electron chi connectivity index (χ2n) is 2.37. The highest BCUT2D eigenvalue weighted by molar-refractivity contribution is 6.31. The number of aromatic nitrogens is 1. The fourth-order valence-corrected chi connectivity index (χ4v) is 1.23. The SMILES string of the molecule is CCc1nc(OC)c(N)cc1Cl. The van der Waals surface area contributed by atoms with Crippen molar-refractivity contribution in [3.8, 4) is 5.88 Å². The van der Waals surface area contributed by atoms with Crippen LogP contribution in [0, 0.1) is 0 Å². The molecule has 0 aliphatic rings. The van der Waals surface area contributed by atoms with Gasteiger partial charge in [0.1, 0.15) is 0 Å². The maximum absolute atomic E-state index is 5.86. The molecule has 3 nitrogen and oxygen atoms in total. The Morgan fingerprint density at radius 3 is 2.83 bits per heavy atom. The van der Waals surface area contributed by atoms with Gasteiger partial charge in [-0.25, -0.2) is 4.98 Å². The van der Waals surface area contributed by atoms with Crippen molar-refractivity contribution in [2.24, 2.45) is 0 Å². The highest BCUT2D eigenvalue weighted by atomic mass is 35.5. The van der Waals surface area contributed by atoms with Crippen molar-refractivity contribution in [1.29, 1.82) is 0 Å². The highest BCUT2D eigenvalue weighted by Gasteiger charge is 2.06. The third-order valence-corrected chi connectivity index (χ3v) is 1.90. The molecule has 1 aromatic heterocycles. The van der Waals surface area contributed by atoms with Crippen LogP contribution in [0.1, 0.15) is 12.6 Å². The molecule has 0 spiro atoms. The van der Waals surface area contributed by atoms with E-state index in [0.29, 0.717) is 16.6 Å². The van der Waals surface area contributed by atoms with E-state index in [-0.39, 0.29) is 0 Å². The fourth-order valence-electron chi connectivity index (χ4n) is 0.934. The molecule has 0 saturated carbocycles. The summed E-state index contributed by atoms with van der Waals surface area (Å²) in [5.41, 5.74) is 6.86. The van der Waals surface area contributed by atoms with Crippen LogP contribution in [-0.4, -0.2) is 12.1 Å². The minimum atomic E-state index is 0.441. The van der Waals surface area contributed by atoms with Crippen LogP contribution in [0.4, 0.5) is 5.69 Å². The van der Waals surface area contributed by atoms with E-state index in [1.54, 1.807) is 6.07 Å². The quantitative estimate of drug-likeness (QED) is 0.768. The van der Waals surface area contributed by atoms with Crippen molar-refractivity contribution in [1.82, 2.24) is 4.98 Å². The van der Waals surface area contributed by atoms with Gasteiger partial charge in [0, 0.05) is 0 Å². The third kappa shape index (κ3) is 1.61. The lowest BCUT2D eigenvalue weighted by Crippen LogP contribution is -1.98. The predicted molar refractivity (Wildman–Crippen MR) is 49.6 cm³/mol. The number of rotatable bonds is 2. The van der Waals surface area contributed by atoms with Crippen molar-refractivity contribution in [2.45, 2.75) is 13.3 Å². The molecule has 1 heterocycles. The lowest BCUT2D eigenvalue weighted by molar-refractivity contribution is 0.399. The minimum Gasteiger partial charge on any atom is -0.480 e. The summed E-state index contributed by atoms with van der Waals surface area (Å²) in [4.78, 5) is 4.13. The number of methoxy groups -OCH3 is 1. The molecule has 2 N–H and O–H groups in total. The van der Waals surface area contributed by atoms with E-state index in [1.807, 2.05) is 6.92 Å². The van der Waals surface area contributed by atoms with Crippen molar-refractivity contribution in [3.63, 3.8) is 0 Å². The van der Waals surface area contributed by atoms with Gasteiger partial charge >= 0.3 is 0 Å². The smallest absolute Gasteiger partial charge is 0.237 e. The Kier molecular flexibility index (Phi) is 2.76. The normalized spacial score (nSPS) is 9.92. The van der Waals surface area contributed by atoms with Crippen LogP contribution in [0.5, 0.6) is 5.88 Å². The Hall–Kier alpha value is -0.960. The van der Waals surface area contributed by atoms with E-state index < -0.39 is 0 Å². The largest absolute Gasteiger partial charge is 0.480 e. The number of ether oxygens (including phenoxy) is 1. The van der Waals surface area contributed by atoms with Crippen LogP contribution < -0.4 is 10.5 Å². The molecule has 66 valence electrons. The molecule has 0 atom stereocenters. The van der Waals surface area contributed by atoms with Gasteiger partial charge in [-0.3, -0.25) is 0 Å². The van der Waals surface area contributed by atoms with Gasteiger partial charge in [0.15, 0.2) is 0 Å². The van der Waals surface area contributed by atoms with E-state index in [0.717, 1.165) is 12.1 Å². The molecular weight excluding hydrogens is 176 g/mol. The maximum Gasteiger partial charge on any atom is 0.237 e. The van der Waals surface area contributed by atoms with E-state index in [2.05, 4.69) is 4.98 Å². The number of nitrogens with two attached hydrogens (primary N) is 1. The van der Waals surface area contributed by atoms with Crippen LogP contribution in [0.15, 0.2) is 6.07 Å². The van der Waals surface area contributed by atoms with E-state index >= 15 is 0 Å². The number of anilines is 1. The average Bonchev–Trinajstić information content (AvgIpc) is 2.05. The first kappa shape index (κ1) is 9.13. The number of aryl methyl sites for hydroxylation is 1.